The fourth-order valence-electron chi connectivity index (χ4n) is 4.64. The number of halogens is 3. The molecule has 0 saturated heterocycles. The topological polar surface area (TPSA) is 88.8 Å². The summed E-state index contributed by atoms with van der Waals surface area (Å²) in [5.74, 6) is -3.56. The summed E-state index contributed by atoms with van der Waals surface area (Å²) in [6.07, 6.45) is -4.32. The average Bonchev–Trinajstić information content (AvgIpc) is 3.35. The molecule has 34 heavy (non-hydrogen) atoms. The van der Waals surface area contributed by atoms with Crippen molar-refractivity contribution in [2.75, 3.05) is 7.11 Å². The second-order valence-electron chi connectivity index (χ2n) is 9.14. The first-order valence-electron chi connectivity index (χ1n) is 10.5. The van der Waals surface area contributed by atoms with Crippen LogP contribution in [0, 0.1) is 5.41 Å². The second-order valence-corrected chi connectivity index (χ2v) is 9.14. The lowest BCUT2D eigenvalue weighted by Gasteiger charge is -2.35. The molecule has 1 aliphatic heterocycles. The van der Waals surface area contributed by atoms with Crippen LogP contribution >= 0.6 is 0 Å². The van der Waals surface area contributed by atoms with Crippen LogP contribution in [0.15, 0.2) is 58.3 Å². The molecule has 0 spiro atoms. The van der Waals surface area contributed by atoms with Gasteiger partial charge in [-0.15, -0.1) is 0 Å². The third kappa shape index (κ3) is 3.66. The molecule has 0 saturated carbocycles. The molecule has 1 atom stereocenters. The number of carbonyl (C=O) groups excluding carboxylic acids is 3. The van der Waals surface area contributed by atoms with E-state index in [0.29, 0.717) is 11.3 Å². The summed E-state index contributed by atoms with van der Waals surface area (Å²) in [5.41, 5.74) is -4.53. The van der Waals surface area contributed by atoms with Gasteiger partial charge in [-0.25, -0.2) is 0 Å². The minimum Gasteiger partial charge on any atom is -0.496 e. The van der Waals surface area contributed by atoms with Gasteiger partial charge in [0.2, 0.25) is 5.54 Å². The smallest absolute Gasteiger partial charge is 0.425 e. The van der Waals surface area contributed by atoms with Crippen molar-refractivity contribution < 1.29 is 36.7 Å². The van der Waals surface area contributed by atoms with Crippen LogP contribution in [0.4, 0.5) is 13.2 Å². The SMILES string of the molecule is COc1ccccc1CN1C(=O)[C@](NC(=O)c2ccco2)(C(F)(F)F)C2=C1CC(C)(C)CC2=O. The Labute approximate surface area is 193 Å². The molecular weight excluding hydrogens is 453 g/mol. The van der Waals surface area contributed by atoms with Gasteiger partial charge in [-0.1, -0.05) is 32.0 Å². The number of furan rings is 1. The van der Waals surface area contributed by atoms with Crippen LogP contribution in [0.3, 0.4) is 0 Å². The van der Waals surface area contributed by atoms with Crippen molar-refractivity contribution in [2.24, 2.45) is 5.41 Å². The molecule has 0 bridgehead atoms. The van der Waals surface area contributed by atoms with Crippen molar-refractivity contribution in [3.05, 3.63) is 65.3 Å². The van der Waals surface area contributed by atoms with Gasteiger partial charge < -0.3 is 19.4 Å². The molecule has 1 aromatic heterocycles. The number of carbonyl (C=O) groups is 3. The summed E-state index contributed by atoms with van der Waals surface area (Å²) in [6.45, 7) is 3.23. The van der Waals surface area contributed by atoms with Crippen molar-refractivity contribution >= 4 is 17.6 Å². The van der Waals surface area contributed by atoms with Gasteiger partial charge in [0.25, 0.3) is 11.8 Å². The highest BCUT2D eigenvalue weighted by Gasteiger charge is 2.71. The number of hydrogen-bond donors (Lipinski definition) is 1. The van der Waals surface area contributed by atoms with Gasteiger partial charge in [0.15, 0.2) is 11.5 Å². The second kappa shape index (κ2) is 8.03. The van der Waals surface area contributed by atoms with E-state index in [1.807, 2.05) is 5.32 Å². The summed E-state index contributed by atoms with van der Waals surface area (Å²) >= 11 is 0. The van der Waals surface area contributed by atoms with E-state index in [1.165, 1.54) is 19.2 Å². The number of allylic oxidation sites excluding steroid dienone is 1. The Hall–Kier alpha value is -3.56. The lowest BCUT2D eigenvalue weighted by atomic mass is 9.72. The third-order valence-electron chi connectivity index (χ3n) is 6.11. The van der Waals surface area contributed by atoms with Crippen molar-refractivity contribution in [3.8, 4) is 5.75 Å². The number of rotatable bonds is 5. The Balaban J connectivity index is 1.89. The standard InChI is InChI=1S/C24H23F3N2O5/c1-22(2)11-15-19(16(30)12-22)23(24(25,26)27,28-20(31)18-9-6-10-34-18)21(32)29(15)13-14-7-4-5-8-17(14)33-3/h4-10H,11-13H2,1-3H3,(H,28,31)/t23-/m0/s1. The highest BCUT2D eigenvalue weighted by molar-refractivity contribution is 6.14. The number of nitrogens with zero attached hydrogens (tertiary/aromatic N) is 1. The Bertz CT molecular complexity index is 1180. The first-order valence-corrected chi connectivity index (χ1v) is 10.5. The fourth-order valence-corrected chi connectivity index (χ4v) is 4.64. The Kier molecular flexibility index (Phi) is 5.58. The van der Waals surface area contributed by atoms with Crippen LogP contribution in [-0.2, 0) is 16.1 Å². The van der Waals surface area contributed by atoms with Crippen LogP contribution < -0.4 is 10.1 Å². The summed E-state index contributed by atoms with van der Waals surface area (Å²) in [4.78, 5) is 40.4. The first-order chi connectivity index (χ1) is 15.9. The average molecular weight is 476 g/mol. The lowest BCUT2D eigenvalue weighted by molar-refractivity contribution is -0.191. The maximum atomic E-state index is 14.8. The van der Waals surface area contributed by atoms with Crippen molar-refractivity contribution in [3.63, 3.8) is 0 Å². The molecule has 1 aromatic carbocycles. The van der Waals surface area contributed by atoms with E-state index >= 15 is 0 Å². The fraction of sp³-hybridized carbons (Fsp3) is 0.375. The molecular formula is C24H23F3N2O5. The van der Waals surface area contributed by atoms with Gasteiger partial charge in [-0.3, -0.25) is 14.4 Å². The number of para-hydroxylation sites is 1. The number of Topliss-reactive ketones (excluding diaryl/α,β-unsaturated/α-hetero) is 1. The maximum Gasteiger partial charge on any atom is 0.425 e. The lowest BCUT2D eigenvalue weighted by Crippen LogP contribution is -2.66. The number of ether oxygens (including phenoxy) is 1. The van der Waals surface area contributed by atoms with Crippen LogP contribution in [0.25, 0.3) is 0 Å². The van der Waals surface area contributed by atoms with E-state index in [0.717, 1.165) is 11.2 Å². The first kappa shape index (κ1) is 23.6. The van der Waals surface area contributed by atoms with Crippen LogP contribution in [-0.4, -0.2) is 41.3 Å². The van der Waals surface area contributed by atoms with Crippen LogP contribution in [0.5, 0.6) is 5.75 Å². The number of hydrogen-bond acceptors (Lipinski definition) is 5. The number of ketones is 1. The molecule has 0 radical (unpaired) electrons. The Morgan fingerprint density at radius 2 is 1.85 bits per heavy atom. The summed E-state index contributed by atoms with van der Waals surface area (Å²) < 4.78 is 54.5. The van der Waals surface area contributed by atoms with Gasteiger partial charge in [-0.05, 0) is 30.0 Å². The Morgan fingerprint density at radius 1 is 1.15 bits per heavy atom. The molecule has 0 fully saturated rings. The minimum absolute atomic E-state index is 0.0451. The normalized spacial score (nSPS) is 22.1. The van der Waals surface area contributed by atoms with E-state index in [9.17, 15) is 27.6 Å². The molecule has 7 nitrogen and oxygen atoms in total. The van der Waals surface area contributed by atoms with Gasteiger partial charge in [0.1, 0.15) is 5.75 Å². The van der Waals surface area contributed by atoms with E-state index in [2.05, 4.69) is 0 Å². The number of amides is 2. The summed E-state index contributed by atoms with van der Waals surface area (Å²) in [7, 11) is 1.41. The maximum absolute atomic E-state index is 14.8. The van der Waals surface area contributed by atoms with Gasteiger partial charge in [0.05, 0.1) is 25.5 Å². The molecule has 1 aliphatic carbocycles. The van der Waals surface area contributed by atoms with Gasteiger partial charge in [0, 0.05) is 17.7 Å². The van der Waals surface area contributed by atoms with Crippen LogP contribution in [0.2, 0.25) is 0 Å². The summed E-state index contributed by atoms with van der Waals surface area (Å²) in [5, 5.41) is 1.83. The zero-order chi connectivity index (χ0) is 24.9. The molecule has 1 N–H and O–H groups in total. The monoisotopic (exact) mass is 476 g/mol. The van der Waals surface area contributed by atoms with Crippen LogP contribution in [0.1, 0.15) is 42.8 Å². The number of alkyl halides is 3. The van der Waals surface area contributed by atoms with E-state index < -0.39 is 46.1 Å². The number of benzene rings is 1. The third-order valence-corrected chi connectivity index (χ3v) is 6.11. The van der Waals surface area contributed by atoms with E-state index in [1.54, 1.807) is 38.1 Å². The quantitative estimate of drug-likeness (QED) is 0.705. The molecule has 2 amide bonds. The molecule has 10 heteroatoms. The van der Waals surface area contributed by atoms with Crippen molar-refractivity contribution in [1.29, 1.82) is 0 Å². The van der Waals surface area contributed by atoms with Crippen molar-refractivity contribution in [2.45, 2.75) is 44.9 Å². The minimum atomic E-state index is -5.29. The largest absolute Gasteiger partial charge is 0.496 e. The Morgan fingerprint density at radius 3 is 2.47 bits per heavy atom. The molecule has 2 aliphatic rings. The van der Waals surface area contributed by atoms with Crippen molar-refractivity contribution in [1.82, 2.24) is 10.2 Å². The number of nitrogens with one attached hydrogen (secondary N) is 1. The highest BCUT2D eigenvalue weighted by Crippen LogP contribution is 2.52. The zero-order valence-corrected chi connectivity index (χ0v) is 18.8. The summed E-state index contributed by atoms with van der Waals surface area (Å²) in [6, 6.07) is 9.11. The van der Waals surface area contributed by atoms with Gasteiger partial charge in [-0.2, -0.15) is 13.2 Å². The van der Waals surface area contributed by atoms with E-state index in [-0.39, 0.29) is 25.1 Å². The number of methoxy groups -OCH3 is 1. The molecule has 2 aromatic rings. The predicted octanol–water partition coefficient (Wildman–Crippen LogP) is 4.00. The highest BCUT2D eigenvalue weighted by atomic mass is 19.4. The van der Waals surface area contributed by atoms with E-state index in [4.69, 9.17) is 9.15 Å². The zero-order valence-electron chi connectivity index (χ0n) is 18.8. The molecule has 180 valence electrons. The predicted molar refractivity (Wildman–Crippen MR) is 114 cm³/mol. The van der Waals surface area contributed by atoms with Gasteiger partial charge >= 0.3 is 6.18 Å². The molecule has 2 heterocycles. The molecule has 0 unspecified atom stereocenters. The molecule has 4 rings (SSSR count).